The van der Waals surface area contributed by atoms with Gasteiger partial charge in [-0.25, -0.2) is 0 Å². The molecule has 0 unspecified atom stereocenters. The molecule has 2 nitrogen and oxygen atoms in total. The van der Waals surface area contributed by atoms with E-state index in [9.17, 15) is 0 Å². The fourth-order valence-corrected chi connectivity index (χ4v) is 3.96. The van der Waals surface area contributed by atoms with Crippen LogP contribution in [0.2, 0.25) is 0 Å². The Bertz CT molecular complexity index is 255. The Morgan fingerprint density at radius 1 is 1.11 bits per heavy atom. The van der Waals surface area contributed by atoms with Gasteiger partial charge in [0, 0.05) is 25.1 Å². The quantitative estimate of drug-likeness (QED) is 0.733. The van der Waals surface area contributed by atoms with Crippen LogP contribution in [0.4, 0.5) is 0 Å². The van der Waals surface area contributed by atoms with Crippen LogP contribution in [0.5, 0.6) is 0 Å². The van der Waals surface area contributed by atoms with Gasteiger partial charge in [0.1, 0.15) is 0 Å². The van der Waals surface area contributed by atoms with Crippen molar-refractivity contribution in [3.05, 3.63) is 0 Å². The second-order valence-electron chi connectivity index (χ2n) is 6.69. The Hall–Kier alpha value is 0.400. The summed E-state index contributed by atoms with van der Waals surface area (Å²) in [5.74, 6) is 0. The molecular weight excluding hydrogens is 290 g/mol. The molecular formula is C15H28BrNO. The number of hydrogen-bond acceptors (Lipinski definition) is 2. The van der Waals surface area contributed by atoms with Crippen molar-refractivity contribution in [3.63, 3.8) is 0 Å². The molecule has 0 aromatic carbocycles. The van der Waals surface area contributed by atoms with Crippen molar-refractivity contribution in [2.24, 2.45) is 10.8 Å². The largest absolute Gasteiger partial charge is 0.381 e. The highest BCUT2D eigenvalue weighted by Crippen LogP contribution is 2.38. The first-order valence-electron chi connectivity index (χ1n) is 7.48. The van der Waals surface area contributed by atoms with Crippen LogP contribution in [0.15, 0.2) is 0 Å². The Balaban J connectivity index is 1.86. The highest BCUT2D eigenvalue weighted by Gasteiger charge is 2.36. The molecule has 2 heterocycles. The second-order valence-corrected chi connectivity index (χ2v) is 7.25. The summed E-state index contributed by atoms with van der Waals surface area (Å²) in [5.41, 5.74) is 1.08. The van der Waals surface area contributed by atoms with Gasteiger partial charge in [-0.05, 0) is 49.6 Å². The maximum atomic E-state index is 5.53. The molecule has 0 aromatic heterocycles. The molecule has 2 rings (SSSR count). The number of rotatable bonds is 4. The van der Waals surface area contributed by atoms with Crippen LogP contribution in [-0.2, 0) is 4.74 Å². The highest BCUT2D eigenvalue weighted by molar-refractivity contribution is 9.09. The van der Waals surface area contributed by atoms with Gasteiger partial charge >= 0.3 is 0 Å². The van der Waals surface area contributed by atoms with Gasteiger partial charge in [-0.1, -0.05) is 36.2 Å². The Morgan fingerprint density at radius 2 is 1.72 bits per heavy atom. The SMILES string of the molecule is CCC1(C)CCN(CC2(CBr)CCOCC2)CC1. The molecule has 18 heavy (non-hydrogen) atoms. The smallest absolute Gasteiger partial charge is 0.0472 e. The minimum Gasteiger partial charge on any atom is -0.381 e. The topological polar surface area (TPSA) is 12.5 Å². The van der Waals surface area contributed by atoms with Gasteiger partial charge in [0.2, 0.25) is 0 Å². The number of halogens is 1. The average Bonchev–Trinajstić information content (AvgIpc) is 2.43. The maximum absolute atomic E-state index is 5.53. The van der Waals surface area contributed by atoms with E-state index < -0.39 is 0 Å². The lowest BCUT2D eigenvalue weighted by Gasteiger charge is -2.44. The molecule has 3 heteroatoms. The first-order chi connectivity index (χ1) is 8.61. The van der Waals surface area contributed by atoms with Crippen LogP contribution in [0.3, 0.4) is 0 Å². The standard InChI is InChI=1S/C15H28BrNO/c1-3-14(2)4-8-17(9-5-14)13-15(12-16)6-10-18-11-7-15/h3-13H2,1-2H3. The van der Waals surface area contributed by atoms with Crippen LogP contribution in [-0.4, -0.2) is 43.1 Å². The fourth-order valence-electron chi connectivity index (χ4n) is 3.22. The number of piperidine rings is 1. The second kappa shape index (κ2) is 6.23. The fraction of sp³-hybridized carbons (Fsp3) is 1.00. The molecule has 0 N–H and O–H groups in total. The molecule has 2 fully saturated rings. The lowest BCUT2D eigenvalue weighted by Crippen LogP contribution is -2.47. The van der Waals surface area contributed by atoms with E-state index in [1.165, 1.54) is 51.7 Å². The molecule has 2 aliphatic heterocycles. The molecule has 0 bridgehead atoms. The van der Waals surface area contributed by atoms with Gasteiger partial charge in [-0.3, -0.25) is 0 Å². The third kappa shape index (κ3) is 3.49. The van der Waals surface area contributed by atoms with Crippen molar-refractivity contribution >= 4 is 15.9 Å². The Labute approximate surface area is 121 Å². The Morgan fingerprint density at radius 3 is 2.22 bits per heavy atom. The van der Waals surface area contributed by atoms with Crippen molar-refractivity contribution in [1.82, 2.24) is 4.90 Å². The lowest BCUT2D eigenvalue weighted by molar-refractivity contribution is -0.00329. The minimum absolute atomic E-state index is 0.470. The molecule has 0 spiro atoms. The van der Waals surface area contributed by atoms with Crippen molar-refractivity contribution in [1.29, 1.82) is 0 Å². The van der Waals surface area contributed by atoms with E-state index in [-0.39, 0.29) is 0 Å². The zero-order chi connectivity index (χ0) is 13.1. The van der Waals surface area contributed by atoms with Crippen molar-refractivity contribution in [3.8, 4) is 0 Å². The molecule has 0 aliphatic carbocycles. The summed E-state index contributed by atoms with van der Waals surface area (Å²) in [6.45, 7) is 10.5. The first kappa shape index (κ1) is 14.8. The molecule has 0 amide bonds. The summed E-state index contributed by atoms with van der Waals surface area (Å²) in [6, 6.07) is 0. The summed E-state index contributed by atoms with van der Waals surface area (Å²) in [5, 5.41) is 1.13. The van der Waals surface area contributed by atoms with E-state index in [4.69, 9.17) is 4.74 Å². The average molecular weight is 318 g/mol. The van der Waals surface area contributed by atoms with Gasteiger partial charge < -0.3 is 9.64 Å². The van der Waals surface area contributed by atoms with Gasteiger partial charge in [0.05, 0.1) is 0 Å². The number of ether oxygens (including phenoxy) is 1. The van der Waals surface area contributed by atoms with Crippen LogP contribution in [0, 0.1) is 10.8 Å². The summed E-state index contributed by atoms with van der Waals surface area (Å²) >= 11 is 3.75. The normalized spacial score (nSPS) is 28.2. The molecule has 0 atom stereocenters. The molecule has 2 aliphatic rings. The van der Waals surface area contributed by atoms with Gasteiger partial charge in [0.15, 0.2) is 0 Å². The van der Waals surface area contributed by atoms with E-state index in [0.717, 1.165) is 18.5 Å². The predicted octanol–water partition coefficient (Wildman–Crippen LogP) is 3.69. The molecule has 0 aromatic rings. The van der Waals surface area contributed by atoms with E-state index >= 15 is 0 Å². The summed E-state index contributed by atoms with van der Waals surface area (Å²) < 4.78 is 5.53. The molecule has 0 radical (unpaired) electrons. The number of nitrogens with zero attached hydrogens (tertiary/aromatic N) is 1. The monoisotopic (exact) mass is 317 g/mol. The molecule has 106 valence electrons. The predicted molar refractivity (Wildman–Crippen MR) is 80.4 cm³/mol. The van der Waals surface area contributed by atoms with Crippen LogP contribution in [0.1, 0.15) is 46.0 Å². The zero-order valence-corrected chi connectivity index (χ0v) is 13.6. The lowest BCUT2D eigenvalue weighted by atomic mass is 9.76. The third-order valence-corrected chi connectivity index (χ3v) is 6.50. The number of likely N-dealkylation sites (tertiary alicyclic amines) is 1. The molecule has 2 saturated heterocycles. The van der Waals surface area contributed by atoms with Crippen LogP contribution in [0.25, 0.3) is 0 Å². The van der Waals surface area contributed by atoms with E-state index in [2.05, 4.69) is 34.7 Å². The molecule has 0 saturated carbocycles. The number of hydrogen-bond donors (Lipinski definition) is 0. The Kier molecular flexibility index (Phi) is 5.13. The van der Waals surface area contributed by atoms with Gasteiger partial charge in [0.25, 0.3) is 0 Å². The van der Waals surface area contributed by atoms with Crippen LogP contribution < -0.4 is 0 Å². The maximum Gasteiger partial charge on any atom is 0.0472 e. The van der Waals surface area contributed by atoms with Crippen LogP contribution >= 0.6 is 15.9 Å². The number of alkyl halides is 1. The van der Waals surface area contributed by atoms with E-state index in [1.54, 1.807) is 0 Å². The van der Waals surface area contributed by atoms with Crippen molar-refractivity contribution in [2.75, 3.05) is 38.2 Å². The summed E-state index contributed by atoms with van der Waals surface area (Å²) in [4.78, 5) is 2.70. The summed E-state index contributed by atoms with van der Waals surface area (Å²) in [7, 11) is 0. The van der Waals surface area contributed by atoms with Gasteiger partial charge in [-0.15, -0.1) is 0 Å². The van der Waals surface area contributed by atoms with E-state index in [0.29, 0.717) is 10.8 Å². The minimum atomic E-state index is 0.470. The third-order valence-electron chi connectivity index (χ3n) is 5.31. The van der Waals surface area contributed by atoms with E-state index in [1.807, 2.05) is 0 Å². The van der Waals surface area contributed by atoms with Gasteiger partial charge in [-0.2, -0.15) is 0 Å². The zero-order valence-electron chi connectivity index (χ0n) is 12.0. The summed E-state index contributed by atoms with van der Waals surface area (Å²) in [6.07, 6.45) is 6.52. The van der Waals surface area contributed by atoms with Crippen molar-refractivity contribution < 1.29 is 4.74 Å². The first-order valence-corrected chi connectivity index (χ1v) is 8.60. The highest BCUT2D eigenvalue weighted by atomic mass is 79.9. The van der Waals surface area contributed by atoms with Crippen molar-refractivity contribution in [2.45, 2.75) is 46.0 Å².